The van der Waals surface area contributed by atoms with E-state index in [1.165, 1.54) is 0 Å². The minimum absolute atomic E-state index is 0.0964. The van der Waals surface area contributed by atoms with Gasteiger partial charge in [0.2, 0.25) is 5.91 Å². The van der Waals surface area contributed by atoms with Gasteiger partial charge < -0.3 is 15.4 Å². The van der Waals surface area contributed by atoms with Gasteiger partial charge in [-0.15, -0.1) is 0 Å². The smallest absolute Gasteiger partial charge is 0.243 e. The van der Waals surface area contributed by atoms with E-state index in [1.807, 2.05) is 56.3 Å². The molecule has 0 unspecified atom stereocenters. The highest BCUT2D eigenvalue weighted by molar-refractivity contribution is 9.10. The molecule has 0 saturated heterocycles. The van der Waals surface area contributed by atoms with Gasteiger partial charge in [-0.25, -0.2) is 0 Å². The number of halogens is 1. The number of aryl methyl sites for hydroxylation is 1. The summed E-state index contributed by atoms with van der Waals surface area (Å²) in [5.41, 5.74) is 2.81. The van der Waals surface area contributed by atoms with E-state index in [0.29, 0.717) is 6.61 Å². The van der Waals surface area contributed by atoms with Crippen LogP contribution in [0.25, 0.3) is 0 Å². The number of carbonyl (C=O) groups is 1. The Morgan fingerprint density at radius 2 is 1.82 bits per heavy atom. The van der Waals surface area contributed by atoms with E-state index in [0.717, 1.165) is 27.2 Å². The summed E-state index contributed by atoms with van der Waals surface area (Å²) in [4.78, 5) is 11.9. The molecule has 4 nitrogen and oxygen atoms in total. The maximum absolute atomic E-state index is 11.9. The number of hydrogen-bond donors (Lipinski definition) is 2. The Morgan fingerprint density at radius 3 is 2.45 bits per heavy atom. The number of amides is 1. The van der Waals surface area contributed by atoms with Crippen LogP contribution in [-0.2, 0) is 4.79 Å². The molecule has 0 aliphatic rings. The molecule has 2 N–H and O–H groups in total. The maximum Gasteiger partial charge on any atom is 0.243 e. The topological polar surface area (TPSA) is 50.4 Å². The van der Waals surface area contributed by atoms with E-state index in [9.17, 15) is 4.79 Å². The monoisotopic (exact) mass is 362 g/mol. The summed E-state index contributed by atoms with van der Waals surface area (Å²) in [5, 5.41) is 5.94. The SMILES string of the molecule is CCOc1ccc(NC(=O)CNc2ccc(C)c(Br)c2)cc1. The predicted octanol–water partition coefficient (Wildman–Crippen LogP) is 4.21. The number of rotatable bonds is 6. The Bertz CT molecular complexity index is 642. The van der Waals surface area contributed by atoms with E-state index >= 15 is 0 Å². The molecule has 0 aromatic heterocycles. The Balaban J connectivity index is 1.85. The lowest BCUT2D eigenvalue weighted by molar-refractivity contribution is -0.114. The van der Waals surface area contributed by atoms with Crippen molar-refractivity contribution < 1.29 is 9.53 Å². The molecule has 116 valence electrons. The minimum Gasteiger partial charge on any atom is -0.494 e. The standard InChI is InChI=1S/C17H19BrN2O2/c1-3-22-15-8-6-13(7-9-15)20-17(21)11-19-14-5-4-12(2)16(18)10-14/h4-10,19H,3,11H2,1-2H3,(H,20,21). The molecule has 0 heterocycles. The van der Waals surface area contributed by atoms with Crippen LogP contribution in [0.3, 0.4) is 0 Å². The Hall–Kier alpha value is -2.01. The third-order valence-electron chi connectivity index (χ3n) is 3.07. The molecule has 5 heteroatoms. The molecule has 0 radical (unpaired) electrons. The van der Waals surface area contributed by atoms with Crippen molar-refractivity contribution in [3.8, 4) is 5.75 Å². The lowest BCUT2D eigenvalue weighted by atomic mass is 10.2. The van der Waals surface area contributed by atoms with Crippen LogP contribution >= 0.6 is 15.9 Å². The zero-order valence-electron chi connectivity index (χ0n) is 12.7. The quantitative estimate of drug-likeness (QED) is 0.809. The van der Waals surface area contributed by atoms with Crippen LogP contribution in [0.15, 0.2) is 46.9 Å². The molecule has 0 bridgehead atoms. The van der Waals surface area contributed by atoms with Crippen molar-refractivity contribution in [2.24, 2.45) is 0 Å². The number of anilines is 2. The first kappa shape index (κ1) is 16.4. The van der Waals surface area contributed by atoms with Gasteiger partial charge >= 0.3 is 0 Å². The van der Waals surface area contributed by atoms with Crippen LogP contribution in [0.5, 0.6) is 5.75 Å². The second-order valence-electron chi connectivity index (χ2n) is 4.82. The lowest BCUT2D eigenvalue weighted by Crippen LogP contribution is -2.21. The average molecular weight is 363 g/mol. The first-order chi connectivity index (χ1) is 10.6. The molecular weight excluding hydrogens is 344 g/mol. The summed E-state index contributed by atoms with van der Waals surface area (Å²) in [5.74, 6) is 0.698. The number of carbonyl (C=O) groups excluding carboxylic acids is 1. The summed E-state index contributed by atoms with van der Waals surface area (Å²) >= 11 is 3.47. The van der Waals surface area contributed by atoms with Gasteiger partial charge in [0.1, 0.15) is 5.75 Å². The van der Waals surface area contributed by atoms with Gasteiger partial charge in [0.05, 0.1) is 13.2 Å². The third kappa shape index (κ3) is 4.77. The average Bonchev–Trinajstić information content (AvgIpc) is 2.51. The van der Waals surface area contributed by atoms with Gasteiger partial charge in [0.15, 0.2) is 0 Å². The Morgan fingerprint density at radius 1 is 1.14 bits per heavy atom. The maximum atomic E-state index is 11.9. The molecule has 22 heavy (non-hydrogen) atoms. The van der Waals surface area contributed by atoms with E-state index < -0.39 is 0 Å². The Labute approximate surface area is 139 Å². The highest BCUT2D eigenvalue weighted by atomic mass is 79.9. The molecule has 0 spiro atoms. The normalized spacial score (nSPS) is 10.1. The molecule has 0 atom stereocenters. The zero-order valence-corrected chi connectivity index (χ0v) is 14.2. The lowest BCUT2D eigenvalue weighted by Gasteiger charge is -2.09. The van der Waals surface area contributed by atoms with Gasteiger partial charge in [0, 0.05) is 15.8 Å². The fraction of sp³-hybridized carbons (Fsp3) is 0.235. The summed E-state index contributed by atoms with van der Waals surface area (Å²) in [6.07, 6.45) is 0. The van der Waals surface area contributed by atoms with Crippen LogP contribution < -0.4 is 15.4 Å². The van der Waals surface area contributed by atoms with Gasteiger partial charge in [-0.2, -0.15) is 0 Å². The number of benzene rings is 2. The second-order valence-corrected chi connectivity index (χ2v) is 5.68. The highest BCUT2D eigenvalue weighted by Crippen LogP contribution is 2.20. The van der Waals surface area contributed by atoms with Crippen LogP contribution in [-0.4, -0.2) is 19.1 Å². The van der Waals surface area contributed by atoms with Crippen molar-refractivity contribution in [3.63, 3.8) is 0 Å². The molecule has 0 aliphatic heterocycles. The van der Waals surface area contributed by atoms with Crippen molar-refractivity contribution in [2.45, 2.75) is 13.8 Å². The fourth-order valence-corrected chi connectivity index (χ4v) is 2.27. The summed E-state index contributed by atoms with van der Waals surface area (Å²) in [7, 11) is 0. The van der Waals surface area contributed by atoms with E-state index in [1.54, 1.807) is 0 Å². The molecule has 2 aromatic rings. The highest BCUT2D eigenvalue weighted by Gasteiger charge is 2.04. The fourth-order valence-electron chi connectivity index (χ4n) is 1.89. The number of hydrogen-bond acceptors (Lipinski definition) is 3. The van der Waals surface area contributed by atoms with E-state index in [2.05, 4.69) is 26.6 Å². The van der Waals surface area contributed by atoms with Crippen molar-refractivity contribution in [1.29, 1.82) is 0 Å². The number of ether oxygens (including phenoxy) is 1. The van der Waals surface area contributed by atoms with Gasteiger partial charge in [-0.05, 0) is 55.8 Å². The molecule has 0 fully saturated rings. The molecule has 1 amide bonds. The first-order valence-corrected chi connectivity index (χ1v) is 7.90. The molecule has 0 saturated carbocycles. The summed E-state index contributed by atoms with van der Waals surface area (Å²) in [6, 6.07) is 13.2. The third-order valence-corrected chi connectivity index (χ3v) is 3.93. The van der Waals surface area contributed by atoms with Crippen molar-refractivity contribution in [3.05, 3.63) is 52.5 Å². The van der Waals surface area contributed by atoms with Crippen molar-refractivity contribution in [2.75, 3.05) is 23.8 Å². The van der Waals surface area contributed by atoms with E-state index in [-0.39, 0.29) is 12.5 Å². The minimum atomic E-state index is -0.0964. The summed E-state index contributed by atoms with van der Waals surface area (Å²) in [6.45, 7) is 4.79. The second kappa shape index (κ2) is 7.84. The molecule has 0 aliphatic carbocycles. The van der Waals surface area contributed by atoms with Gasteiger partial charge in [0.25, 0.3) is 0 Å². The van der Waals surface area contributed by atoms with Crippen LogP contribution in [0.2, 0.25) is 0 Å². The van der Waals surface area contributed by atoms with E-state index in [4.69, 9.17) is 4.74 Å². The van der Waals surface area contributed by atoms with Gasteiger partial charge in [-0.3, -0.25) is 4.79 Å². The van der Waals surface area contributed by atoms with Crippen LogP contribution in [0.4, 0.5) is 11.4 Å². The largest absolute Gasteiger partial charge is 0.494 e. The van der Waals surface area contributed by atoms with Crippen molar-refractivity contribution >= 4 is 33.2 Å². The molecule has 2 aromatic carbocycles. The molecule has 2 rings (SSSR count). The van der Waals surface area contributed by atoms with Crippen molar-refractivity contribution in [1.82, 2.24) is 0 Å². The first-order valence-electron chi connectivity index (χ1n) is 7.11. The number of nitrogens with one attached hydrogen (secondary N) is 2. The predicted molar refractivity (Wildman–Crippen MR) is 93.6 cm³/mol. The zero-order chi connectivity index (χ0) is 15.9. The van der Waals surface area contributed by atoms with Gasteiger partial charge in [-0.1, -0.05) is 22.0 Å². The Kier molecular flexibility index (Phi) is 5.83. The van der Waals surface area contributed by atoms with Crippen LogP contribution in [0, 0.1) is 6.92 Å². The molecular formula is C17H19BrN2O2. The van der Waals surface area contributed by atoms with Crippen LogP contribution in [0.1, 0.15) is 12.5 Å². The summed E-state index contributed by atoms with van der Waals surface area (Å²) < 4.78 is 6.38.